The zero-order valence-corrected chi connectivity index (χ0v) is 15.8. The highest BCUT2D eigenvalue weighted by Crippen LogP contribution is 2.23. The molecule has 5 heteroatoms. The number of nitrogens with one attached hydrogen (secondary N) is 2. The second kappa shape index (κ2) is 8.99. The van der Waals surface area contributed by atoms with Crippen LogP contribution in [0.15, 0.2) is 24.3 Å². The van der Waals surface area contributed by atoms with Gasteiger partial charge in [-0.3, -0.25) is 14.5 Å². The molecule has 0 aromatic heterocycles. The molecule has 1 aromatic carbocycles. The van der Waals surface area contributed by atoms with E-state index in [1.807, 2.05) is 45.2 Å². The standard InChI is InChI=1S/C20H31N3O2/c1-14-9-11-17(12-10-14)21-19(24)13-23(4)16(3)20(25)22-18-8-6-5-7-15(18)2/h9-12,15-16,18H,5-8,13H2,1-4H3,(H,21,24)(H,22,25)/t15-,16+,18+/m0/s1. The second-order valence-corrected chi connectivity index (χ2v) is 7.38. The number of aryl methyl sites for hydroxylation is 1. The lowest BCUT2D eigenvalue weighted by Crippen LogP contribution is -2.50. The van der Waals surface area contributed by atoms with Gasteiger partial charge in [0.2, 0.25) is 11.8 Å². The Morgan fingerprint density at radius 2 is 1.84 bits per heavy atom. The van der Waals surface area contributed by atoms with Gasteiger partial charge in [0.25, 0.3) is 0 Å². The molecule has 0 spiro atoms. The Morgan fingerprint density at radius 3 is 2.48 bits per heavy atom. The Balaban J connectivity index is 1.81. The van der Waals surface area contributed by atoms with Gasteiger partial charge in [-0.1, -0.05) is 37.5 Å². The predicted molar refractivity (Wildman–Crippen MR) is 101 cm³/mol. The number of nitrogens with zero attached hydrogens (tertiary/aromatic N) is 1. The topological polar surface area (TPSA) is 61.4 Å². The summed E-state index contributed by atoms with van der Waals surface area (Å²) < 4.78 is 0. The van der Waals surface area contributed by atoms with Gasteiger partial charge in [-0.2, -0.15) is 0 Å². The van der Waals surface area contributed by atoms with Crippen LogP contribution >= 0.6 is 0 Å². The Morgan fingerprint density at radius 1 is 1.20 bits per heavy atom. The number of hydrogen-bond donors (Lipinski definition) is 2. The van der Waals surface area contributed by atoms with E-state index in [2.05, 4.69) is 17.6 Å². The van der Waals surface area contributed by atoms with E-state index >= 15 is 0 Å². The van der Waals surface area contributed by atoms with Gasteiger partial charge < -0.3 is 10.6 Å². The van der Waals surface area contributed by atoms with Gasteiger partial charge in [-0.25, -0.2) is 0 Å². The molecule has 1 aromatic rings. The molecule has 0 unspecified atom stereocenters. The van der Waals surface area contributed by atoms with E-state index in [9.17, 15) is 9.59 Å². The number of likely N-dealkylation sites (N-methyl/N-ethyl adjacent to an activating group) is 1. The van der Waals surface area contributed by atoms with E-state index in [-0.39, 0.29) is 30.4 Å². The molecule has 1 aliphatic rings. The molecule has 1 aliphatic carbocycles. The van der Waals surface area contributed by atoms with Crippen molar-refractivity contribution < 1.29 is 9.59 Å². The normalized spacial score (nSPS) is 21.6. The molecule has 0 bridgehead atoms. The molecule has 0 saturated heterocycles. The van der Waals surface area contributed by atoms with E-state index in [1.165, 1.54) is 19.3 Å². The lowest BCUT2D eigenvalue weighted by atomic mass is 9.86. The molecule has 2 rings (SSSR count). The molecule has 25 heavy (non-hydrogen) atoms. The van der Waals surface area contributed by atoms with Gasteiger partial charge in [-0.05, 0) is 51.8 Å². The number of hydrogen-bond acceptors (Lipinski definition) is 3. The van der Waals surface area contributed by atoms with E-state index in [0.717, 1.165) is 17.7 Å². The lowest BCUT2D eigenvalue weighted by molar-refractivity contribution is -0.127. The molecule has 1 fully saturated rings. The van der Waals surface area contributed by atoms with Gasteiger partial charge in [-0.15, -0.1) is 0 Å². The summed E-state index contributed by atoms with van der Waals surface area (Å²) in [5.74, 6) is 0.418. The number of carbonyl (C=O) groups excluding carboxylic acids is 2. The average molecular weight is 345 g/mol. The Kier molecular flexibility index (Phi) is 7.00. The van der Waals surface area contributed by atoms with Gasteiger partial charge in [0.15, 0.2) is 0 Å². The minimum atomic E-state index is -0.335. The number of anilines is 1. The van der Waals surface area contributed by atoms with Crippen molar-refractivity contribution in [1.82, 2.24) is 10.2 Å². The summed E-state index contributed by atoms with van der Waals surface area (Å²) in [6.07, 6.45) is 4.66. The number of benzene rings is 1. The maximum Gasteiger partial charge on any atom is 0.238 e. The smallest absolute Gasteiger partial charge is 0.238 e. The van der Waals surface area contributed by atoms with Crippen molar-refractivity contribution in [3.63, 3.8) is 0 Å². The summed E-state index contributed by atoms with van der Waals surface area (Å²) >= 11 is 0. The summed E-state index contributed by atoms with van der Waals surface area (Å²) in [5, 5.41) is 6.04. The zero-order valence-electron chi connectivity index (χ0n) is 15.8. The highest BCUT2D eigenvalue weighted by molar-refractivity contribution is 5.92. The molecule has 138 valence electrons. The molecule has 1 saturated carbocycles. The Bertz CT molecular complexity index is 585. The Hall–Kier alpha value is -1.88. The van der Waals surface area contributed by atoms with Crippen molar-refractivity contribution in [1.29, 1.82) is 0 Å². The predicted octanol–water partition coefficient (Wildman–Crippen LogP) is 2.95. The molecule has 2 amide bonds. The van der Waals surface area contributed by atoms with Crippen LogP contribution in [0.25, 0.3) is 0 Å². The van der Waals surface area contributed by atoms with Crippen molar-refractivity contribution in [2.75, 3.05) is 18.9 Å². The Labute approximate surface area is 151 Å². The van der Waals surface area contributed by atoms with Crippen LogP contribution in [0.2, 0.25) is 0 Å². The summed E-state index contributed by atoms with van der Waals surface area (Å²) in [5.41, 5.74) is 1.93. The fourth-order valence-electron chi connectivity index (χ4n) is 3.24. The molecule has 2 N–H and O–H groups in total. The quantitative estimate of drug-likeness (QED) is 0.833. The van der Waals surface area contributed by atoms with Crippen LogP contribution < -0.4 is 10.6 Å². The summed E-state index contributed by atoms with van der Waals surface area (Å²) in [6, 6.07) is 7.61. The SMILES string of the molecule is Cc1ccc(NC(=O)CN(C)[C@H](C)C(=O)N[C@@H]2CCCC[C@@H]2C)cc1. The molecule has 0 radical (unpaired) electrons. The maximum atomic E-state index is 12.5. The fourth-order valence-corrected chi connectivity index (χ4v) is 3.24. The first-order valence-corrected chi connectivity index (χ1v) is 9.24. The minimum absolute atomic E-state index is 0.00406. The molecule has 3 atom stereocenters. The first-order valence-electron chi connectivity index (χ1n) is 9.24. The van der Waals surface area contributed by atoms with E-state index in [4.69, 9.17) is 0 Å². The van der Waals surface area contributed by atoms with Gasteiger partial charge in [0.05, 0.1) is 12.6 Å². The van der Waals surface area contributed by atoms with Gasteiger partial charge in [0, 0.05) is 11.7 Å². The monoisotopic (exact) mass is 345 g/mol. The summed E-state index contributed by atoms with van der Waals surface area (Å²) in [7, 11) is 1.81. The van der Waals surface area contributed by atoms with Crippen LogP contribution in [-0.2, 0) is 9.59 Å². The first kappa shape index (κ1) is 19.4. The number of carbonyl (C=O) groups is 2. The number of rotatable bonds is 6. The van der Waals surface area contributed by atoms with E-state index in [0.29, 0.717) is 5.92 Å². The van der Waals surface area contributed by atoms with Crippen molar-refractivity contribution in [3.05, 3.63) is 29.8 Å². The third-order valence-electron chi connectivity index (χ3n) is 5.21. The lowest BCUT2D eigenvalue weighted by Gasteiger charge is -2.32. The van der Waals surface area contributed by atoms with Crippen LogP contribution in [0, 0.1) is 12.8 Å². The second-order valence-electron chi connectivity index (χ2n) is 7.38. The van der Waals surface area contributed by atoms with Crippen LogP contribution in [-0.4, -0.2) is 42.4 Å². The minimum Gasteiger partial charge on any atom is -0.352 e. The highest BCUT2D eigenvalue weighted by Gasteiger charge is 2.26. The third-order valence-corrected chi connectivity index (χ3v) is 5.21. The third kappa shape index (κ3) is 5.85. The highest BCUT2D eigenvalue weighted by atomic mass is 16.2. The van der Waals surface area contributed by atoms with E-state index < -0.39 is 0 Å². The van der Waals surface area contributed by atoms with Crippen molar-refractivity contribution in [2.24, 2.45) is 5.92 Å². The number of amides is 2. The molecule has 0 heterocycles. The first-order chi connectivity index (χ1) is 11.9. The molecular weight excluding hydrogens is 314 g/mol. The summed E-state index contributed by atoms with van der Waals surface area (Å²) in [6.45, 7) is 6.24. The maximum absolute atomic E-state index is 12.5. The van der Waals surface area contributed by atoms with Crippen molar-refractivity contribution in [3.8, 4) is 0 Å². The zero-order chi connectivity index (χ0) is 18.4. The molecular formula is C20H31N3O2. The molecule has 5 nitrogen and oxygen atoms in total. The van der Waals surface area contributed by atoms with Crippen molar-refractivity contribution >= 4 is 17.5 Å². The van der Waals surface area contributed by atoms with Gasteiger partial charge >= 0.3 is 0 Å². The van der Waals surface area contributed by atoms with Crippen LogP contribution in [0.4, 0.5) is 5.69 Å². The van der Waals surface area contributed by atoms with Crippen LogP contribution in [0.5, 0.6) is 0 Å². The largest absolute Gasteiger partial charge is 0.352 e. The van der Waals surface area contributed by atoms with Crippen LogP contribution in [0.1, 0.15) is 45.1 Å². The van der Waals surface area contributed by atoms with Crippen LogP contribution in [0.3, 0.4) is 0 Å². The summed E-state index contributed by atoms with van der Waals surface area (Å²) in [4.78, 5) is 26.5. The molecule has 0 aliphatic heterocycles. The van der Waals surface area contributed by atoms with E-state index in [1.54, 1.807) is 4.90 Å². The average Bonchev–Trinajstić information content (AvgIpc) is 2.58. The van der Waals surface area contributed by atoms with Gasteiger partial charge in [0.1, 0.15) is 0 Å². The fraction of sp³-hybridized carbons (Fsp3) is 0.600. The van der Waals surface area contributed by atoms with Crippen molar-refractivity contribution in [2.45, 2.75) is 58.5 Å².